The third-order valence-electron chi connectivity index (χ3n) is 5.39. The van der Waals surface area contributed by atoms with Gasteiger partial charge in [-0.05, 0) is 38.5 Å². The van der Waals surface area contributed by atoms with Gasteiger partial charge >= 0.3 is 0 Å². The van der Waals surface area contributed by atoms with Crippen molar-refractivity contribution in [3.63, 3.8) is 0 Å². The molecule has 0 spiro atoms. The maximum Gasteiger partial charge on any atom is 0.225 e. The van der Waals surface area contributed by atoms with Crippen LogP contribution in [0.3, 0.4) is 0 Å². The second kappa shape index (κ2) is 7.24. The van der Waals surface area contributed by atoms with E-state index in [0.717, 1.165) is 12.8 Å². The molecule has 20 heavy (non-hydrogen) atoms. The molecule has 0 bridgehead atoms. The average molecular weight is 279 g/mol. The van der Waals surface area contributed by atoms with Gasteiger partial charge in [0.05, 0.1) is 5.92 Å². The molecule has 114 valence electrons. The van der Waals surface area contributed by atoms with Crippen LogP contribution >= 0.6 is 0 Å². The number of rotatable bonds is 2. The highest BCUT2D eigenvalue weighted by Gasteiger charge is 2.39. The van der Waals surface area contributed by atoms with Gasteiger partial charge in [0.2, 0.25) is 5.91 Å². The van der Waals surface area contributed by atoms with E-state index in [0.29, 0.717) is 35.5 Å². The summed E-state index contributed by atoms with van der Waals surface area (Å²) in [7, 11) is 0. The number of carbonyl (C=O) groups is 2. The second-order valence-electron chi connectivity index (χ2n) is 6.68. The van der Waals surface area contributed by atoms with Crippen molar-refractivity contribution in [3.8, 4) is 0 Å². The number of nitrogens with one attached hydrogen (secondary N) is 1. The van der Waals surface area contributed by atoms with E-state index in [-0.39, 0.29) is 0 Å². The Labute approximate surface area is 122 Å². The van der Waals surface area contributed by atoms with E-state index < -0.39 is 0 Å². The summed E-state index contributed by atoms with van der Waals surface area (Å²) >= 11 is 0. The highest BCUT2D eigenvalue weighted by atomic mass is 16.2. The molecule has 2 saturated carbocycles. The Morgan fingerprint density at radius 3 is 2.25 bits per heavy atom. The van der Waals surface area contributed by atoms with Crippen molar-refractivity contribution >= 4 is 11.7 Å². The first-order valence-corrected chi connectivity index (χ1v) is 8.44. The zero-order chi connectivity index (χ0) is 14.5. The Bertz CT molecular complexity index is 353. The minimum absolute atomic E-state index is 0.291. The lowest BCUT2D eigenvalue weighted by molar-refractivity contribution is -0.136. The molecule has 1 aliphatic heterocycles. The summed E-state index contributed by atoms with van der Waals surface area (Å²) in [6.45, 7) is 3.95. The molecule has 3 fully saturated rings. The molecule has 0 radical (unpaired) electrons. The topological polar surface area (TPSA) is 46.2 Å². The number of amides is 1. The Balaban J connectivity index is 0.000000149. The predicted molar refractivity (Wildman–Crippen MR) is 80.3 cm³/mol. The van der Waals surface area contributed by atoms with Crippen molar-refractivity contribution in [1.29, 1.82) is 0 Å². The van der Waals surface area contributed by atoms with Gasteiger partial charge in [0.1, 0.15) is 5.78 Å². The summed E-state index contributed by atoms with van der Waals surface area (Å²) in [4.78, 5) is 21.9. The number of hydrogen-bond donors (Lipinski definition) is 1. The van der Waals surface area contributed by atoms with Gasteiger partial charge in [-0.1, -0.05) is 39.0 Å². The SMILES string of the molecule is CCC1CCCC[C@H]1C(C)=O.O=C1NC2CCCC[C@@H]12. The van der Waals surface area contributed by atoms with Crippen LogP contribution in [0.25, 0.3) is 0 Å². The van der Waals surface area contributed by atoms with Gasteiger partial charge in [0.15, 0.2) is 0 Å². The summed E-state index contributed by atoms with van der Waals surface area (Å²) in [5, 5.41) is 2.91. The Morgan fingerprint density at radius 1 is 1.10 bits per heavy atom. The average Bonchev–Trinajstić information content (AvgIpc) is 2.47. The number of carbonyl (C=O) groups excluding carboxylic acids is 2. The van der Waals surface area contributed by atoms with Gasteiger partial charge < -0.3 is 5.32 Å². The molecule has 0 aromatic rings. The fourth-order valence-corrected chi connectivity index (χ4v) is 4.04. The van der Waals surface area contributed by atoms with Crippen molar-refractivity contribution in [1.82, 2.24) is 5.32 Å². The van der Waals surface area contributed by atoms with Crippen molar-refractivity contribution in [2.45, 2.75) is 77.7 Å². The van der Waals surface area contributed by atoms with E-state index in [4.69, 9.17) is 0 Å². The van der Waals surface area contributed by atoms with Gasteiger partial charge in [-0.25, -0.2) is 0 Å². The highest BCUT2D eigenvalue weighted by Crippen LogP contribution is 2.32. The van der Waals surface area contributed by atoms with Gasteiger partial charge in [0, 0.05) is 12.0 Å². The third kappa shape index (κ3) is 3.62. The van der Waals surface area contributed by atoms with E-state index in [1.807, 2.05) is 0 Å². The van der Waals surface area contributed by atoms with Crippen LogP contribution in [-0.4, -0.2) is 17.7 Å². The number of β-lactam (4-membered cyclic amide) rings is 1. The van der Waals surface area contributed by atoms with Crippen molar-refractivity contribution in [3.05, 3.63) is 0 Å². The van der Waals surface area contributed by atoms with Crippen molar-refractivity contribution in [2.24, 2.45) is 17.8 Å². The van der Waals surface area contributed by atoms with Crippen molar-refractivity contribution in [2.75, 3.05) is 0 Å². The molecule has 4 atom stereocenters. The van der Waals surface area contributed by atoms with Crippen LogP contribution in [0.2, 0.25) is 0 Å². The van der Waals surface area contributed by atoms with E-state index in [9.17, 15) is 9.59 Å². The summed E-state index contributed by atoms with van der Waals surface area (Å²) in [5.74, 6) is 2.20. The first kappa shape index (κ1) is 15.5. The molecule has 2 unspecified atom stereocenters. The maximum absolute atomic E-state index is 11.2. The van der Waals surface area contributed by atoms with Crippen LogP contribution < -0.4 is 5.32 Å². The highest BCUT2D eigenvalue weighted by molar-refractivity contribution is 5.85. The quantitative estimate of drug-likeness (QED) is 0.787. The van der Waals surface area contributed by atoms with Crippen LogP contribution in [0.15, 0.2) is 0 Å². The molecular formula is C17H29NO2. The number of Topliss-reactive ketones (excluding diaryl/α,β-unsaturated/α-hetero) is 1. The van der Waals surface area contributed by atoms with Crippen LogP contribution in [0.5, 0.6) is 0 Å². The monoisotopic (exact) mass is 279 g/mol. The molecule has 1 saturated heterocycles. The van der Waals surface area contributed by atoms with Crippen LogP contribution in [0.1, 0.15) is 71.6 Å². The van der Waals surface area contributed by atoms with Gasteiger partial charge in [0.25, 0.3) is 0 Å². The molecular weight excluding hydrogens is 250 g/mol. The molecule has 0 aromatic carbocycles. The van der Waals surface area contributed by atoms with Crippen LogP contribution in [-0.2, 0) is 9.59 Å². The van der Waals surface area contributed by atoms with Crippen molar-refractivity contribution < 1.29 is 9.59 Å². The lowest BCUT2D eigenvalue weighted by Crippen LogP contribution is -2.59. The second-order valence-corrected chi connectivity index (χ2v) is 6.68. The largest absolute Gasteiger partial charge is 0.352 e. The van der Waals surface area contributed by atoms with Gasteiger partial charge in [-0.3, -0.25) is 9.59 Å². The van der Waals surface area contributed by atoms with E-state index >= 15 is 0 Å². The molecule has 1 amide bonds. The summed E-state index contributed by atoms with van der Waals surface area (Å²) in [5.41, 5.74) is 0. The molecule has 1 heterocycles. The summed E-state index contributed by atoms with van der Waals surface area (Å²) in [6, 6.07) is 0.561. The lowest BCUT2D eigenvalue weighted by atomic mass is 9.76. The zero-order valence-electron chi connectivity index (χ0n) is 13.0. The molecule has 3 aliphatic rings. The van der Waals surface area contributed by atoms with E-state index in [2.05, 4.69) is 12.2 Å². The number of fused-ring (bicyclic) bond motifs is 1. The van der Waals surface area contributed by atoms with Crippen LogP contribution in [0.4, 0.5) is 0 Å². The first-order valence-electron chi connectivity index (χ1n) is 8.44. The Hall–Kier alpha value is -0.860. The summed E-state index contributed by atoms with van der Waals surface area (Å²) in [6.07, 6.45) is 11.1. The molecule has 1 N–H and O–H groups in total. The predicted octanol–water partition coefficient (Wildman–Crippen LogP) is 3.47. The number of ketones is 1. The maximum atomic E-state index is 11.2. The fraction of sp³-hybridized carbons (Fsp3) is 0.882. The molecule has 0 aromatic heterocycles. The standard InChI is InChI=1S/C10H18O.C7H11NO/c1-3-9-6-4-5-7-10(9)8(2)11;9-7-5-3-1-2-4-6(5)8-7/h9-10H,3-7H2,1-2H3;5-6H,1-4H2,(H,8,9)/t9?,10-;5-,6?/m01/s1. The minimum atomic E-state index is 0.291. The molecule has 3 nitrogen and oxygen atoms in total. The Kier molecular flexibility index (Phi) is 5.62. The van der Waals surface area contributed by atoms with E-state index in [1.165, 1.54) is 44.9 Å². The normalized spacial score (nSPS) is 35.8. The number of hydrogen-bond acceptors (Lipinski definition) is 2. The van der Waals surface area contributed by atoms with Crippen LogP contribution in [0, 0.1) is 17.8 Å². The zero-order valence-corrected chi connectivity index (χ0v) is 13.0. The molecule has 3 rings (SSSR count). The molecule has 2 aliphatic carbocycles. The third-order valence-corrected chi connectivity index (χ3v) is 5.39. The van der Waals surface area contributed by atoms with Gasteiger partial charge in [-0.2, -0.15) is 0 Å². The fourth-order valence-electron chi connectivity index (χ4n) is 4.04. The first-order chi connectivity index (χ1) is 9.63. The van der Waals surface area contributed by atoms with E-state index in [1.54, 1.807) is 6.92 Å². The smallest absolute Gasteiger partial charge is 0.225 e. The Morgan fingerprint density at radius 2 is 1.75 bits per heavy atom. The van der Waals surface area contributed by atoms with Gasteiger partial charge in [-0.15, -0.1) is 0 Å². The summed E-state index contributed by atoms with van der Waals surface area (Å²) < 4.78 is 0. The minimum Gasteiger partial charge on any atom is -0.352 e. The molecule has 3 heteroatoms. The lowest BCUT2D eigenvalue weighted by Gasteiger charge is -2.40.